The van der Waals surface area contributed by atoms with E-state index in [1.807, 2.05) is 37.3 Å². The van der Waals surface area contributed by atoms with Crippen LogP contribution in [0.5, 0.6) is 0 Å². The molecule has 11 heteroatoms. The molecule has 1 aliphatic rings. The summed E-state index contributed by atoms with van der Waals surface area (Å²) in [4.78, 5) is 14.6. The molecule has 3 aromatic rings. The Bertz CT molecular complexity index is 1140. The zero-order chi connectivity index (χ0) is 21.8. The lowest BCUT2D eigenvalue weighted by atomic mass is 10.2. The summed E-state index contributed by atoms with van der Waals surface area (Å²) >= 11 is 1.26. The third kappa shape index (κ3) is 4.78. The van der Waals surface area contributed by atoms with Crippen LogP contribution in [0.25, 0.3) is 5.69 Å². The van der Waals surface area contributed by atoms with Gasteiger partial charge in [-0.15, -0.1) is 5.10 Å². The fraction of sp³-hybridized carbons (Fsp3) is 0.300. The highest BCUT2D eigenvalue weighted by molar-refractivity contribution is 7.99. The number of tetrazole rings is 1. The fourth-order valence-electron chi connectivity index (χ4n) is 3.25. The van der Waals surface area contributed by atoms with Gasteiger partial charge in [-0.1, -0.05) is 47.7 Å². The zero-order valence-corrected chi connectivity index (χ0v) is 18.6. The Morgan fingerprint density at radius 3 is 2.35 bits per heavy atom. The van der Waals surface area contributed by atoms with E-state index < -0.39 is 10.0 Å². The number of benzene rings is 2. The molecule has 162 valence electrons. The van der Waals surface area contributed by atoms with Crippen LogP contribution in [-0.4, -0.2) is 75.7 Å². The van der Waals surface area contributed by atoms with E-state index in [0.717, 1.165) is 11.3 Å². The van der Waals surface area contributed by atoms with Gasteiger partial charge in [-0.3, -0.25) is 4.79 Å². The fourth-order valence-corrected chi connectivity index (χ4v) is 5.47. The second kappa shape index (κ2) is 9.16. The molecule has 0 N–H and O–H groups in total. The van der Waals surface area contributed by atoms with Crippen molar-refractivity contribution in [1.29, 1.82) is 0 Å². The number of hydrogen-bond donors (Lipinski definition) is 0. The van der Waals surface area contributed by atoms with Crippen LogP contribution in [0.4, 0.5) is 0 Å². The molecule has 2 aromatic carbocycles. The number of rotatable bonds is 6. The summed E-state index contributed by atoms with van der Waals surface area (Å²) in [5, 5.41) is 12.2. The molecule has 1 aliphatic heterocycles. The SMILES string of the molecule is Cc1ccc(S(=O)(=O)N2CCN(C(=O)CSc3nnnn3-c3ccccc3)CC2)cc1. The molecule has 0 spiro atoms. The Morgan fingerprint density at radius 1 is 1.00 bits per heavy atom. The van der Waals surface area contributed by atoms with Crippen molar-refractivity contribution in [1.82, 2.24) is 29.4 Å². The van der Waals surface area contributed by atoms with Gasteiger partial charge in [0.2, 0.25) is 21.1 Å². The molecule has 9 nitrogen and oxygen atoms in total. The molecule has 0 saturated carbocycles. The van der Waals surface area contributed by atoms with Crippen molar-refractivity contribution in [3.8, 4) is 5.69 Å². The molecule has 0 atom stereocenters. The van der Waals surface area contributed by atoms with Gasteiger partial charge in [0.25, 0.3) is 0 Å². The first-order valence-corrected chi connectivity index (χ1v) is 12.2. The van der Waals surface area contributed by atoms with Crippen LogP contribution in [0, 0.1) is 6.92 Å². The van der Waals surface area contributed by atoms with E-state index >= 15 is 0 Å². The molecule has 31 heavy (non-hydrogen) atoms. The predicted octanol–water partition coefficient (Wildman–Crippen LogP) is 1.60. The minimum absolute atomic E-state index is 0.0694. The van der Waals surface area contributed by atoms with Crippen LogP contribution in [-0.2, 0) is 14.8 Å². The van der Waals surface area contributed by atoms with Crippen molar-refractivity contribution in [2.45, 2.75) is 17.0 Å². The van der Waals surface area contributed by atoms with Gasteiger partial charge in [0, 0.05) is 26.2 Å². The molecule has 2 heterocycles. The number of aryl methyl sites for hydroxylation is 1. The van der Waals surface area contributed by atoms with Crippen molar-refractivity contribution in [3.05, 3.63) is 60.2 Å². The number of piperazine rings is 1. The van der Waals surface area contributed by atoms with E-state index in [1.165, 1.54) is 16.1 Å². The highest BCUT2D eigenvalue weighted by Gasteiger charge is 2.30. The zero-order valence-electron chi connectivity index (χ0n) is 17.0. The van der Waals surface area contributed by atoms with E-state index in [1.54, 1.807) is 33.8 Å². The van der Waals surface area contributed by atoms with E-state index in [-0.39, 0.29) is 29.6 Å². The van der Waals surface area contributed by atoms with Crippen molar-refractivity contribution < 1.29 is 13.2 Å². The first-order chi connectivity index (χ1) is 14.9. The van der Waals surface area contributed by atoms with Gasteiger partial charge < -0.3 is 4.90 Å². The number of aromatic nitrogens is 4. The molecule has 1 amide bonds. The lowest BCUT2D eigenvalue weighted by Gasteiger charge is -2.34. The topological polar surface area (TPSA) is 101 Å². The van der Waals surface area contributed by atoms with Crippen LogP contribution >= 0.6 is 11.8 Å². The number of para-hydroxylation sites is 1. The minimum Gasteiger partial charge on any atom is -0.339 e. The molecule has 0 unspecified atom stereocenters. The van der Waals surface area contributed by atoms with Gasteiger partial charge in [0.1, 0.15) is 0 Å². The van der Waals surface area contributed by atoms with Crippen molar-refractivity contribution in [2.75, 3.05) is 31.9 Å². The van der Waals surface area contributed by atoms with Crippen LogP contribution in [0.3, 0.4) is 0 Å². The summed E-state index contributed by atoms with van der Waals surface area (Å²) in [6.07, 6.45) is 0. The number of hydrogen-bond acceptors (Lipinski definition) is 7. The number of nitrogens with zero attached hydrogens (tertiary/aromatic N) is 6. The average molecular weight is 459 g/mol. The van der Waals surface area contributed by atoms with E-state index in [9.17, 15) is 13.2 Å². The molecular formula is C20H22N6O3S2. The second-order valence-corrected chi connectivity index (χ2v) is 9.98. The first-order valence-electron chi connectivity index (χ1n) is 9.76. The number of thioether (sulfide) groups is 1. The van der Waals surface area contributed by atoms with Gasteiger partial charge in [-0.2, -0.15) is 8.99 Å². The monoisotopic (exact) mass is 458 g/mol. The van der Waals surface area contributed by atoms with Crippen LogP contribution in [0.1, 0.15) is 5.56 Å². The predicted molar refractivity (Wildman–Crippen MR) is 116 cm³/mol. The standard InChI is InChI=1S/C20H22N6O3S2/c1-16-7-9-18(10-8-16)31(28,29)25-13-11-24(12-14-25)19(27)15-30-20-21-22-23-26(20)17-5-3-2-4-6-17/h2-10H,11-15H2,1H3. The van der Waals surface area contributed by atoms with Gasteiger partial charge in [0.15, 0.2) is 0 Å². The Balaban J connectivity index is 1.33. The second-order valence-electron chi connectivity index (χ2n) is 7.10. The summed E-state index contributed by atoms with van der Waals surface area (Å²) < 4.78 is 28.7. The minimum atomic E-state index is -3.55. The van der Waals surface area contributed by atoms with Gasteiger partial charge >= 0.3 is 0 Å². The molecule has 4 rings (SSSR count). The summed E-state index contributed by atoms with van der Waals surface area (Å²) in [6.45, 7) is 3.17. The highest BCUT2D eigenvalue weighted by atomic mass is 32.2. The number of carbonyl (C=O) groups excluding carboxylic acids is 1. The third-order valence-electron chi connectivity index (χ3n) is 5.02. The Kier molecular flexibility index (Phi) is 6.35. The van der Waals surface area contributed by atoms with Crippen molar-refractivity contribution in [2.24, 2.45) is 0 Å². The lowest BCUT2D eigenvalue weighted by molar-refractivity contribution is -0.129. The van der Waals surface area contributed by atoms with Gasteiger partial charge in [-0.05, 0) is 41.6 Å². The van der Waals surface area contributed by atoms with E-state index in [2.05, 4.69) is 15.5 Å². The Hall–Kier alpha value is -2.76. The molecule has 0 bridgehead atoms. The summed E-state index contributed by atoms with van der Waals surface area (Å²) in [5.74, 6) is 0.109. The van der Waals surface area contributed by atoms with Crippen LogP contribution in [0.2, 0.25) is 0 Å². The number of amides is 1. The molecule has 0 aliphatic carbocycles. The summed E-state index contributed by atoms with van der Waals surface area (Å²) in [5.41, 5.74) is 1.82. The van der Waals surface area contributed by atoms with Gasteiger partial charge in [-0.25, -0.2) is 8.42 Å². The first kappa shape index (κ1) is 21.5. The maximum absolute atomic E-state index is 12.8. The third-order valence-corrected chi connectivity index (χ3v) is 7.83. The smallest absolute Gasteiger partial charge is 0.243 e. The maximum Gasteiger partial charge on any atom is 0.243 e. The average Bonchev–Trinajstić information content (AvgIpc) is 3.27. The molecule has 1 saturated heterocycles. The molecule has 1 fully saturated rings. The summed E-state index contributed by atoms with van der Waals surface area (Å²) in [7, 11) is -3.55. The van der Waals surface area contributed by atoms with Crippen LogP contribution < -0.4 is 0 Å². The maximum atomic E-state index is 12.8. The lowest BCUT2D eigenvalue weighted by Crippen LogP contribution is -2.50. The molecule has 1 aromatic heterocycles. The largest absolute Gasteiger partial charge is 0.339 e. The van der Waals surface area contributed by atoms with Gasteiger partial charge in [0.05, 0.1) is 16.3 Å². The molecular weight excluding hydrogens is 436 g/mol. The van der Waals surface area contributed by atoms with E-state index in [4.69, 9.17) is 0 Å². The van der Waals surface area contributed by atoms with Crippen molar-refractivity contribution in [3.63, 3.8) is 0 Å². The quantitative estimate of drug-likeness (QED) is 0.517. The van der Waals surface area contributed by atoms with Crippen molar-refractivity contribution >= 4 is 27.7 Å². The Morgan fingerprint density at radius 2 is 1.68 bits per heavy atom. The van der Waals surface area contributed by atoms with E-state index in [0.29, 0.717) is 18.2 Å². The summed E-state index contributed by atoms with van der Waals surface area (Å²) in [6, 6.07) is 16.3. The number of carbonyl (C=O) groups is 1. The normalized spacial score (nSPS) is 15.2. The number of sulfonamides is 1. The highest BCUT2D eigenvalue weighted by Crippen LogP contribution is 2.21. The Labute approximate surface area is 185 Å². The molecule has 0 radical (unpaired) electrons. The van der Waals surface area contributed by atoms with Crippen LogP contribution in [0.15, 0.2) is 64.6 Å².